The number of alkyl halides is 1. The zero-order valence-corrected chi connectivity index (χ0v) is 7.01. The molecule has 0 heterocycles. The first-order valence-electron chi connectivity index (χ1n) is 3.18. The summed E-state index contributed by atoms with van der Waals surface area (Å²) in [7, 11) is 0. The van der Waals surface area contributed by atoms with Crippen LogP contribution in [0.15, 0.2) is 0 Å². The third-order valence-electron chi connectivity index (χ3n) is 1.34. The van der Waals surface area contributed by atoms with Crippen LogP contribution in [0.2, 0.25) is 0 Å². The summed E-state index contributed by atoms with van der Waals surface area (Å²) in [5, 5.41) is 17.3. The molecule has 4 N–H and O–H groups in total. The first kappa shape index (κ1) is 10.7. The van der Waals surface area contributed by atoms with Gasteiger partial charge in [-0.05, 0) is 6.92 Å². The number of aliphatic hydroxyl groups is 2. The molecule has 0 saturated carbocycles. The topological polar surface area (TPSA) is 83.6 Å². The summed E-state index contributed by atoms with van der Waals surface area (Å²) in [5.41, 5.74) is 4.91. The molecule has 0 aliphatic heterocycles. The van der Waals surface area contributed by atoms with E-state index in [0.717, 1.165) is 0 Å². The zero-order valence-electron chi connectivity index (χ0n) is 6.25. The average molecular weight is 182 g/mol. The molecule has 2 atom stereocenters. The lowest BCUT2D eigenvalue weighted by Crippen LogP contribution is -2.39. The summed E-state index contributed by atoms with van der Waals surface area (Å²) in [5.74, 6) is -0.702. The lowest BCUT2D eigenvalue weighted by atomic mass is 10.0. The Morgan fingerprint density at radius 1 is 1.82 bits per heavy atom. The zero-order chi connectivity index (χ0) is 9.07. The highest BCUT2D eigenvalue weighted by atomic mass is 35.5. The van der Waals surface area contributed by atoms with E-state index >= 15 is 0 Å². The minimum atomic E-state index is -1.28. The smallest absolute Gasteiger partial charge is 0.238 e. The number of hydrogen-bond donors (Lipinski definition) is 3. The number of carbonyl (C=O) groups is 1. The summed E-state index contributed by atoms with van der Waals surface area (Å²) in [6, 6.07) is 0. The van der Waals surface area contributed by atoms with Crippen LogP contribution in [0.1, 0.15) is 13.3 Å². The molecule has 0 aliphatic rings. The summed E-state index contributed by atoms with van der Waals surface area (Å²) in [6.45, 7) is 0.978. The molecule has 0 bridgehead atoms. The van der Waals surface area contributed by atoms with Gasteiger partial charge in [-0.15, -0.1) is 11.6 Å². The third kappa shape index (κ3) is 3.55. The van der Waals surface area contributed by atoms with Gasteiger partial charge in [0.15, 0.2) is 0 Å². The summed E-state index contributed by atoms with van der Waals surface area (Å²) >= 11 is 5.60. The van der Waals surface area contributed by atoms with E-state index in [9.17, 15) is 4.79 Å². The lowest BCUT2D eigenvalue weighted by Gasteiger charge is -2.19. The van der Waals surface area contributed by atoms with Crippen LogP contribution in [0.4, 0.5) is 0 Å². The molecule has 0 saturated heterocycles. The van der Waals surface area contributed by atoms with Crippen molar-refractivity contribution in [3.8, 4) is 0 Å². The maximum Gasteiger partial charge on any atom is 0.238 e. The molecule has 0 fully saturated rings. The summed E-state index contributed by atoms with van der Waals surface area (Å²) < 4.78 is 0. The van der Waals surface area contributed by atoms with Crippen LogP contribution in [-0.4, -0.2) is 33.7 Å². The van der Waals surface area contributed by atoms with Crippen molar-refractivity contribution in [3.63, 3.8) is 0 Å². The largest absolute Gasteiger partial charge is 0.394 e. The minimum Gasteiger partial charge on any atom is -0.394 e. The van der Waals surface area contributed by atoms with Gasteiger partial charge in [0.1, 0.15) is 4.87 Å². The molecule has 0 aromatic heterocycles. The molecular formula is C6H12ClNO3. The van der Waals surface area contributed by atoms with Gasteiger partial charge in [-0.1, -0.05) is 0 Å². The molecule has 0 aromatic rings. The fourth-order valence-corrected chi connectivity index (χ4v) is 0.786. The Kier molecular flexibility index (Phi) is 3.78. The van der Waals surface area contributed by atoms with Crippen molar-refractivity contribution >= 4 is 17.5 Å². The highest BCUT2D eigenvalue weighted by Gasteiger charge is 2.30. The summed E-state index contributed by atoms with van der Waals surface area (Å²) in [4.78, 5) is 9.29. The Bertz CT molecular complexity index is 149. The highest BCUT2D eigenvalue weighted by molar-refractivity contribution is 6.34. The second-order valence-corrected chi connectivity index (χ2v) is 3.44. The second-order valence-electron chi connectivity index (χ2n) is 2.60. The molecule has 0 rings (SSSR count). The third-order valence-corrected chi connectivity index (χ3v) is 1.68. The normalized spacial score (nSPS) is 18.9. The van der Waals surface area contributed by atoms with Gasteiger partial charge in [0.2, 0.25) is 5.91 Å². The first-order valence-corrected chi connectivity index (χ1v) is 3.55. The maximum atomic E-state index is 10.6. The van der Waals surface area contributed by atoms with Gasteiger partial charge < -0.3 is 15.9 Å². The summed E-state index contributed by atoms with van der Waals surface area (Å²) in [6.07, 6.45) is -1.04. The van der Waals surface area contributed by atoms with Gasteiger partial charge in [0, 0.05) is 6.42 Å². The van der Waals surface area contributed by atoms with Crippen LogP contribution in [0.25, 0.3) is 0 Å². The Morgan fingerprint density at radius 2 is 2.27 bits per heavy atom. The van der Waals surface area contributed by atoms with Crippen molar-refractivity contribution in [1.82, 2.24) is 0 Å². The number of hydrogen-bond acceptors (Lipinski definition) is 3. The standard InChI is InChI=1S/C6H12ClNO3/c1-6(7,5(8)11)2-4(10)3-9/h4,9-10H,2-3H2,1H3,(H2,8,11). The number of nitrogens with two attached hydrogens (primary N) is 1. The second kappa shape index (κ2) is 3.90. The van der Waals surface area contributed by atoms with E-state index < -0.39 is 23.5 Å². The van der Waals surface area contributed by atoms with Crippen molar-refractivity contribution in [1.29, 1.82) is 0 Å². The van der Waals surface area contributed by atoms with Crippen molar-refractivity contribution in [2.24, 2.45) is 5.73 Å². The van der Waals surface area contributed by atoms with E-state index in [1.165, 1.54) is 6.92 Å². The van der Waals surface area contributed by atoms with Crippen molar-refractivity contribution in [2.75, 3.05) is 6.61 Å². The van der Waals surface area contributed by atoms with E-state index in [1.54, 1.807) is 0 Å². The van der Waals surface area contributed by atoms with E-state index in [1.807, 2.05) is 0 Å². The molecular weight excluding hydrogens is 170 g/mol. The Labute approximate surface area is 70.0 Å². The molecule has 5 heteroatoms. The monoisotopic (exact) mass is 181 g/mol. The van der Waals surface area contributed by atoms with Gasteiger partial charge in [0.25, 0.3) is 0 Å². The molecule has 1 amide bonds. The van der Waals surface area contributed by atoms with Crippen LogP contribution in [0.3, 0.4) is 0 Å². The van der Waals surface area contributed by atoms with Gasteiger partial charge in [0.05, 0.1) is 12.7 Å². The van der Waals surface area contributed by atoms with E-state index in [-0.39, 0.29) is 6.42 Å². The van der Waals surface area contributed by atoms with Gasteiger partial charge >= 0.3 is 0 Å². The molecule has 0 radical (unpaired) electrons. The van der Waals surface area contributed by atoms with Crippen molar-refractivity contribution in [2.45, 2.75) is 24.3 Å². The molecule has 2 unspecified atom stereocenters. The number of carbonyl (C=O) groups excluding carboxylic acids is 1. The maximum absolute atomic E-state index is 10.6. The van der Waals surface area contributed by atoms with Crippen LogP contribution in [0, 0.1) is 0 Å². The first-order chi connectivity index (χ1) is 4.90. The Morgan fingerprint density at radius 3 is 2.55 bits per heavy atom. The Balaban J connectivity index is 4.01. The fraction of sp³-hybridized carbons (Fsp3) is 0.833. The Hall–Kier alpha value is -0.320. The van der Waals surface area contributed by atoms with Crippen LogP contribution < -0.4 is 5.73 Å². The van der Waals surface area contributed by atoms with Crippen LogP contribution in [-0.2, 0) is 4.79 Å². The van der Waals surface area contributed by atoms with Crippen LogP contribution in [0.5, 0.6) is 0 Å². The number of primary amides is 1. The predicted molar refractivity (Wildman–Crippen MR) is 41.2 cm³/mol. The number of rotatable bonds is 4. The molecule has 11 heavy (non-hydrogen) atoms. The molecule has 66 valence electrons. The lowest BCUT2D eigenvalue weighted by molar-refractivity contribution is -0.121. The predicted octanol–water partition coefficient (Wildman–Crippen LogP) is -0.788. The van der Waals surface area contributed by atoms with Crippen molar-refractivity contribution in [3.05, 3.63) is 0 Å². The molecule has 0 spiro atoms. The van der Waals surface area contributed by atoms with Gasteiger partial charge in [-0.3, -0.25) is 4.79 Å². The fourth-order valence-electron chi connectivity index (χ4n) is 0.608. The average Bonchev–Trinajstić information content (AvgIpc) is 1.86. The quantitative estimate of drug-likeness (QED) is 0.497. The van der Waals surface area contributed by atoms with E-state index in [2.05, 4.69) is 0 Å². The minimum absolute atomic E-state index is 0.0413. The SMILES string of the molecule is CC(Cl)(CC(O)CO)C(N)=O. The van der Waals surface area contributed by atoms with Crippen molar-refractivity contribution < 1.29 is 15.0 Å². The van der Waals surface area contributed by atoms with E-state index in [0.29, 0.717) is 0 Å². The van der Waals surface area contributed by atoms with E-state index in [4.69, 9.17) is 27.5 Å². The van der Waals surface area contributed by atoms with Gasteiger partial charge in [-0.2, -0.15) is 0 Å². The number of halogens is 1. The molecule has 0 aliphatic carbocycles. The molecule has 4 nitrogen and oxygen atoms in total. The molecule has 0 aromatic carbocycles. The number of amides is 1. The van der Waals surface area contributed by atoms with Gasteiger partial charge in [-0.25, -0.2) is 0 Å². The van der Waals surface area contributed by atoms with Crippen LogP contribution >= 0.6 is 11.6 Å². The highest BCUT2D eigenvalue weighted by Crippen LogP contribution is 2.20. The number of aliphatic hydroxyl groups excluding tert-OH is 2.